The molecule has 0 radical (unpaired) electrons. The number of fused-ring (bicyclic) bond motifs is 2. The molecule has 6 aliphatic rings. The molecule has 0 heterocycles. The number of hydrogen-bond acceptors (Lipinski definition) is 0. The molecule has 16 unspecified atom stereocenters. The molecule has 0 aromatic heterocycles. The van der Waals surface area contributed by atoms with Crippen LogP contribution in [-0.2, 0) is 52.4 Å². The zero-order valence-corrected chi connectivity index (χ0v) is 48.4. The third-order valence-corrected chi connectivity index (χ3v) is 22.7. The van der Waals surface area contributed by atoms with E-state index in [0.717, 1.165) is 106 Å². The summed E-state index contributed by atoms with van der Waals surface area (Å²) in [5.41, 5.74) is 2.88. The van der Waals surface area contributed by atoms with Crippen molar-refractivity contribution in [2.45, 2.75) is 147 Å². The third-order valence-electron chi connectivity index (χ3n) is 17.9. The topological polar surface area (TPSA) is 0 Å². The van der Waals surface area contributed by atoms with Crippen molar-refractivity contribution in [3.05, 3.63) is 105 Å². The summed E-state index contributed by atoms with van der Waals surface area (Å²) in [6.45, 7) is 35.3. The number of hydrogen-bond donors (Lipinski definition) is 0. The average molecular weight is 972 g/mol. The standard InChI is InChI=1S/C25H43Si.C24H39.6CH3.2Zr/c1-9-12-21-15-24(23-14-11-10-13-22(21)23)26(7,8)20(6)25-18(4)16(2)17(3)19(25)5;1-7-10-20-14-21(23-12-9-8-11-22(20)23)13-15(2)24-18(5)16(3)17(4)19(24)6;;;;;;;;/h10-11,13-14,16-19,21-25H,9,12,15H2,1-8H3;8-9,11-12,16-24H,7,10,13-14H2,1-6H3;6*1H3;;/q8*-1;2*+4. The maximum Gasteiger partial charge on any atom is 4.00 e. The van der Waals surface area contributed by atoms with E-state index in [-0.39, 0.29) is 97.0 Å². The quantitative estimate of drug-likeness (QED) is 0.151. The predicted molar refractivity (Wildman–Crippen MR) is 262 cm³/mol. The number of allylic oxidation sites excluding steroid dienone is 8. The van der Waals surface area contributed by atoms with Gasteiger partial charge in [-0.05, 0) is 65.6 Å². The molecule has 6 rings (SSSR count). The Balaban J connectivity index is -0.000000443. The van der Waals surface area contributed by atoms with E-state index in [9.17, 15) is 0 Å². The van der Waals surface area contributed by atoms with Gasteiger partial charge in [0.05, 0.1) is 0 Å². The fourth-order valence-electron chi connectivity index (χ4n) is 13.9. The minimum absolute atomic E-state index is 0. The normalized spacial score (nSPS) is 40.1. The second kappa shape index (κ2) is 28.0. The second-order valence-corrected chi connectivity index (χ2v) is 25.1. The molecular formula is C55H100SiZr2. The zero-order valence-electron chi connectivity index (χ0n) is 42.5. The van der Waals surface area contributed by atoms with Gasteiger partial charge in [0.25, 0.3) is 0 Å². The molecule has 16 atom stereocenters. The molecule has 0 aromatic carbocycles. The molecule has 0 amide bonds. The minimum atomic E-state index is -1.43. The molecule has 0 aliphatic heterocycles. The van der Waals surface area contributed by atoms with Crippen LogP contribution in [0, 0.1) is 157 Å². The van der Waals surface area contributed by atoms with Gasteiger partial charge >= 0.3 is 52.4 Å². The smallest absolute Gasteiger partial charge is 0.358 e. The first-order chi connectivity index (χ1) is 23.7. The Morgan fingerprint density at radius 1 is 0.466 bits per heavy atom. The van der Waals surface area contributed by atoms with Gasteiger partial charge in [-0.2, -0.15) is 32.1 Å². The van der Waals surface area contributed by atoms with Gasteiger partial charge in [-0.3, -0.25) is 0 Å². The van der Waals surface area contributed by atoms with E-state index in [1.165, 1.54) is 44.9 Å². The van der Waals surface area contributed by atoms with Crippen LogP contribution in [0.4, 0.5) is 0 Å². The Hall–Kier alpha value is 0.943. The van der Waals surface area contributed by atoms with E-state index in [1.807, 2.05) is 11.5 Å². The summed E-state index contributed by atoms with van der Waals surface area (Å²) in [7, 11) is -1.43. The van der Waals surface area contributed by atoms with Crippen LogP contribution in [0.2, 0.25) is 18.6 Å². The Morgan fingerprint density at radius 3 is 1.19 bits per heavy atom. The van der Waals surface area contributed by atoms with Crippen LogP contribution in [0.1, 0.15) is 128 Å². The fourth-order valence-corrected chi connectivity index (χ4v) is 18.1. The Morgan fingerprint density at radius 2 is 0.793 bits per heavy atom. The summed E-state index contributed by atoms with van der Waals surface area (Å²) >= 11 is 0. The van der Waals surface area contributed by atoms with Crippen LogP contribution >= 0.6 is 0 Å². The maximum atomic E-state index is 2.72. The fraction of sp³-hybridized carbons (Fsp3) is 0.709. The SMILES string of the molecule is CCCC1CC(C[C-](C)C2C(C)C(C)C(C)C2C)C2C=CC=CC12.CCCC1CC([Si](C)(C)[C-](C)C2C(C)C(C)C(C)C2C)C2C=CC=CC12.[CH3-].[CH3-].[CH3-].[CH3-].[CH3-].[CH3-].[Zr+4].[Zr+4]. The van der Waals surface area contributed by atoms with Crippen molar-refractivity contribution in [2.75, 3.05) is 0 Å². The van der Waals surface area contributed by atoms with Gasteiger partial charge < -0.3 is 56.0 Å². The van der Waals surface area contributed by atoms with Gasteiger partial charge in [-0.15, -0.1) is 0 Å². The van der Waals surface area contributed by atoms with E-state index >= 15 is 0 Å². The van der Waals surface area contributed by atoms with Crippen molar-refractivity contribution in [3.8, 4) is 0 Å². The molecule has 4 fully saturated rings. The largest absolute Gasteiger partial charge is 4.00 e. The second-order valence-electron chi connectivity index (χ2n) is 20.2. The molecule has 0 spiro atoms. The average Bonchev–Trinajstić information content (AvgIpc) is 3.76. The Bertz CT molecular complexity index is 1190. The van der Waals surface area contributed by atoms with Crippen molar-refractivity contribution in [1.82, 2.24) is 0 Å². The maximum absolute atomic E-state index is 2.72. The molecule has 0 N–H and O–H groups in total. The van der Waals surface area contributed by atoms with Crippen LogP contribution in [0.5, 0.6) is 0 Å². The van der Waals surface area contributed by atoms with Gasteiger partial charge in [-0.1, -0.05) is 206 Å². The summed E-state index contributed by atoms with van der Waals surface area (Å²) in [5.74, 6) is 16.5. The Labute approximate surface area is 409 Å². The van der Waals surface area contributed by atoms with Crippen molar-refractivity contribution < 1.29 is 52.4 Å². The summed E-state index contributed by atoms with van der Waals surface area (Å²) in [6.07, 6.45) is 29.3. The van der Waals surface area contributed by atoms with Gasteiger partial charge in [0.2, 0.25) is 0 Å². The van der Waals surface area contributed by atoms with Crippen molar-refractivity contribution in [3.63, 3.8) is 0 Å². The molecule has 0 saturated heterocycles. The predicted octanol–water partition coefficient (Wildman–Crippen LogP) is 17.2. The van der Waals surface area contributed by atoms with Gasteiger partial charge in [0.15, 0.2) is 0 Å². The first-order valence-electron chi connectivity index (χ1n) is 22.0. The van der Waals surface area contributed by atoms with E-state index in [1.54, 1.807) is 0 Å². The van der Waals surface area contributed by atoms with Crippen molar-refractivity contribution in [1.29, 1.82) is 0 Å². The summed E-state index contributed by atoms with van der Waals surface area (Å²) in [5, 5.41) is 0. The van der Waals surface area contributed by atoms with Crippen LogP contribution in [0.3, 0.4) is 0 Å². The molecule has 6 aliphatic carbocycles. The van der Waals surface area contributed by atoms with E-state index in [2.05, 4.69) is 145 Å². The minimum Gasteiger partial charge on any atom is -0.358 e. The first-order valence-corrected chi connectivity index (χ1v) is 25.1. The summed E-state index contributed by atoms with van der Waals surface area (Å²) in [6, 6.07) is 0. The molecule has 58 heavy (non-hydrogen) atoms. The molecule has 3 heteroatoms. The van der Waals surface area contributed by atoms with Crippen LogP contribution in [0.25, 0.3) is 0 Å². The molecular weight excluding hydrogens is 871 g/mol. The molecule has 0 nitrogen and oxygen atoms in total. The van der Waals surface area contributed by atoms with Crippen LogP contribution in [0.15, 0.2) is 48.6 Å². The van der Waals surface area contributed by atoms with E-state index < -0.39 is 8.07 Å². The van der Waals surface area contributed by atoms with Crippen molar-refractivity contribution in [2.24, 2.45) is 101 Å². The van der Waals surface area contributed by atoms with Crippen LogP contribution < -0.4 is 0 Å². The number of rotatable bonds is 10. The molecule has 4 saturated carbocycles. The Kier molecular flexibility index (Phi) is 31.6. The summed E-state index contributed by atoms with van der Waals surface area (Å²) < 4.78 is 0. The van der Waals surface area contributed by atoms with Gasteiger partial charge in [0.1, 0.15) is 0 Å². The van der Waals surface area contributed by atoms with Crippen molar-refractivity contribution >= 4 is 8.07 Å². The first kappa shape index (κ1) is 65.6. The van der Waals surface area contributed by atoms with Gasteiger partial charge in [0, 0.05) is 0 Å². The molecule has 0 bridgehead atoms. The summed E-state index contributed by atoms with van der Waals surface area (Å²) in [4.78, 5) is 0. The van der Waals surface area contributed by atoms with E-state index in [0.29, 0.717) is 0 Å². The monoisotopic (exact) mass is 969 g/mol. The zero-order chi connectivity index (χ0) is 36.7. The molecule has 332 valence electrons. The van der Waals surface area contributed by atoms with Gasteiger partial charge in [-0.25, -0.2) is 0 Å². The third kappa shape index (κ3) is 13.0. The molecule has 0 aromatic rings. The van der Waals surface area contributed by atoms with Crippen LogP contribution in [-0.4, -0.2) is 8.07 Å². The van der Waals surface area contributed by atoms with E-state index in [4.69, 9.17) is 0 Å².